The smallest absolute Gasteiger partial charge is 0.237 e. The van der Waals surface area contributed by atoms with Crippen LogP contribution in [-0.2, 0) is 4.79 Å². The second kappa shape index (κ2) is 9.53. The van der Waals surface area contributed by atoms with E-state index in [9.17, 15) is 4.79 Å². The lowest BCUT2D eigenvalue weighted by atomic mass is 10.1. The molecule has 1 amide bonds. The van der Waals surface area contributed by atoms with Gasteiger partial charge in [-0.05, 0) is 74.7 Å². The van der Waals surface area contributed by atoms with E-state index in [0.29, 0.717) is 16.0 Å². The highest BCUT2D eigenvalue weighted by atomic mass is 35.5. The van der Waals surface area contributed by atoms with Gasteiger partial charge in [-0.15, -0.1) is 5.10 Å². The number of halogens is 1. The van der Waals surface area contributed by atoms with Gasteiger partial charge in [0.2, 0.25) is 11.1 Å². The van der Waals surface area contributed by atoms with Crippen molar-refractivity contribution in [1.82, 2.24) is 15.2 Å². The Kier molecular flexibility index (Phi) is 6.59. The van der Waals surface area contributed by atoms with Gasteiger partial charge in [-0.2, -0.15) is 0 Å². The van der Waals surface area contributed by atoms with Gasteiger partial charge in [0.25, 0.3) is 0 Å². The first-order valence-electron chi connectivity index (χ1n) is 10.1. The second-order valence-corrected chi connectivity index (χ2v) is 9.06. The van der Waals surface area contributed by atoms with Crippen molar-refractivity contribution in [2.75, 3.05) is 23.3 Å². The Hall–Kier alpha value is -2.51. The average molecular weight is 442 g/mol. The zero-order valence-electron chi connectivity index (χ0n) is 16.8. The molecular weight excluding hydrogens is 418 g/mol. The van der Waals surface area contributed by atoms with Gasteiger partial charge in [0.05, 0.1) is 5.25 Å². The van der Waals surface area contributed by atoms with Crippen molar-refractivity contribution in [3.63, 3.8) is 0 Å². The molecule has 1 aliphatic heterocycles. The van der Waals surface area contributed by atoms with Crippen LogP contribution in [0, 0.1) is 0 Å². The summed E-state index contributed by atoms with van der Waals surface area (Å²) in [6, 6.07) is 15.4. The fourth-order valence-corrected chi connectivity index (χ4v) is 4.25. The Morgan fingerprint density at radius 1 is 1.10 bits per heavy atom. The van der Waals surface area contributed by atoms with Crippen molar-refractivity contribution < 1.29 is 4.79 Å². The number of thioether (sulfide) groups is 1. The Balaban J connectivity index is 1.33. The Morgan fingerprint density at radius 2 is 1.80 bits per heavy atom. The summed E-state index contributed by atoms with van der Waals surface area (Å²) in [5, 5.41) is 11.0. The molecule has 1 saturated heterocycles. The molecule has 1 aliphatic rings. The first kappa shape index (κ1) is 20.8. The minimum absolute atomic E-state index is 0.0800. The largest absolute Gasteiger partial charge is 0.372 e. The van der Waals surface area contributed by atoms with Crippen LogP contribution in [0.15, 0.2) is 53.7 Å². The van der Waals surface area contributed by atoms with E-state index >= 15 is 0 Å². The first-order chi connectivity index (χ1) is 14.6. The second-order valence-electron chi connectivity index (χ2n) is 7.32. The summed E-state index contributed by atoms with van der Waals surface area (Å²) in [6.45, 7) is 4.06. The molecule has 8 heteroatoms. The summed E-state index contributed by atoms with van der Waals surface area (Å²) in [5.74, 6) is 0.568. The maximum atomic E-state index is 12.6. The summed E-state index contributed by atoms with van der Waals surface area (Å²) in [6.07, 6.45) is 3.80. The van der Waals surface area contributed by atoms with Crippen LogP contribution in [0.25, 0.3) is 11.4 Å². The maximum absolute atomic E-state index is 12.6. The van der Waals surface area contributed by atoms with Crippen LogP contribution in [0.1, 0.15) is 26.2 Å². The molecule has 6 nitrogen and oxygen atoms in total. The number of hydrogen-bond acceptors (Lipinski definition) is 5. The number of amides is 1. The Morgan fingerprint density at radius 3 is 2.50 bits per heavy atom. The monoisotopic (exact) mass is 441 g/mol. The van der Waals surface area contributed by atoms with Crippen LogP contribution in [0.2, 0.25) is 5.02 Å². The van der Waals surface area contributed by atoms with Crippen LogP contribution in [0.4, 0.5) is 11.4 Å². The molecule has 4 rings (SSSR count). The average Bonchev–Trinajstić information content (AvgIpc) is 3.24. The molecule has 0 bridgehead atoms. The predicted molar refractivity (Wildman–Crippen MR) is 123 cm³/mol. The molecule has 2 N–H and O–H groups in total. The number of hydrogen-bond donors (Lipinski definition) is 2. The predicted octanol–water partition coefficient (Wildman–Crippen LogP) is 5.23. The first-order valence-corrected chi connectivity index (χ1v) is 11.3. The minimum atomic E-state index is -0.333. The normalized spacial score (nSPS) is 15.1. The van der Waals surface area contributed by atoms with Crippen molar-refractivity contribution in [2.45, 2.75) is 36.6 Å². The maximum Gasteiger partial charge on any atom is 0.237 e. The van der Waals surface area contributed by atoms with E-state index in [1.165, 1.54) is 36.7 Å². The summed E-state index contributed by atoms with van der Waals surface area (Å²) in [4.78, 5) is 19.5. The molecule has 30 heavy (non-hydrogen) atoms. The van der Waals surface area contributed by atoms with Gasteiger partial charge in [0.1, 0.15) is 0 Å². The van der Waals surface area contributed by atoms with E-state index in [4.69, 9.17) is 11.6 Å². The molecule has 0 radical (unpaired) electrons. The van der Waals surface area contributed by atoms with E-state index in [1.54, 1.807) is 12.1 Å². The van der Waals surface area contributed by atoms with E-state index in [0.717, 1.165) is 24.3 Å². The standard InChI is InChI=1S/C22H24ClN5OS/c1-15(30-22-25-20(26-27-22)16-5-7-17(23)8-6-16)21(29)24-18-9-11-19(12-10-18)28-13-3-2-4-14-28/h5-12,15H,2-4,13-14H2,1H3,(H,24,29)(H,25,26,27). The van der Waals surface area contributed by atoms with Crippen LogP contribution in [-0.4, -0.2) is 39.4 Å². The number of H-pyrrole nitrogens is 1. The fraction of sp³-hybridized carbons (Fsp3) is 0.318. The molecule has 156 valence electrons. The van der Waals surface area contributed by atoms with Gasteiger partial charge < -0.3 is 10.2 Å². The van der Waals surface area contributed by atoms with Gasteiger partial charge in [0, 0.05) is 35.1 Å². The van der Waals surface area contributed by atoms with Crippen molar-refractivity contribution in [3.05, 3.63) is 53.6 Å². The van der Waals surface area contributed by atoms with Crippen molar-refractivity contribution >= 4 is 40.6 Å². The molecule has 2 heterocycles. The highest BCUT2D eigenvalue weighted by molar-refractivity contribution is 8.00. The number of nitrogens with one attached hydrogen (secondary N) is 2. The van der Waals surface area contributed by atoms with Crippen LogP contribution in [0.5, 0.6) is 0 Å². The molecule has 0 saturated carbocycles. The highest BCUT2D eigenvalue weighted by Gasteiger charge is 2.18. The highest BCUT2D eigenvalue weighted by Crippen LogP contribution is 2.25. The van der Waals surface area contributed by atoms with Crippen molar-refractivity contribution in [2.24, 2.45) is 0 Å². The van der Waals surface area contributed by atoms with Gasteiger partial charge in [-0.3, -0.25) is 9.89 Å². The molecule has 0 aliphatic carbocycles. The molecule has 2 aromatic carbocycles. The third-order valence-electron chi connectivity index (χ3n) is 5.09. The Bertz CT molecular complexity index is 984. The number of nitrogens with zero attached hydrogens (tertiary/aromatic N) is 3. The number of carbonyl (C=O) groups is 1. The molecule has 3 aromatic rings. The van der Waals surface area contributed by atoms with Gasteiger partial charge in [-0.25, -0.2) is 4.98 Å². The lowest BCUT2D eigenvalue weighted by Gasteiger charge is -2.28. The number of anilines is 2. The SMILES string of the molecule is CC(Sc1n[nH]c(-c2ccc(Cl)cc2)n1)C(=O)Nc1ccc(N2CCCCC2)cc1. The van der Waals surface area contributed by atoms with Crippen LogP contribution >= 0.6 is 23.4 Å². The zero-order valence-corrected chi connectivity index (χ0v) is 18.3. The molecule has 0 spiro atoms. The lowest BCUT2D eigenvalue weighted by Crippen LogP contribution is -2.29. The van der Waals surface area contributed by atoms with E-state index in [1.807, 2.05) is 31.2 Å². The summed E-state index contributed by atoms with van der Waals surface area (Å²) in [5.41, 5.74) is 2.90. The number of aromatic amines is 1. The van der Waals surface area contributed by atoms with Gasteiger partial charge in [-0.1, -0.05) is 23.4 Å². The van der Waals surface area contributed by atoms with Gasteiger partial charge in [0.15, 0.2) is 5.82 Å². The van der Waals surface area contributed by atoms with E-state index in [-0.39, 0.29) is 11.2 Å². The number of carbonyl (C=O) groups excluding carboxylic acids is 1. The molecular formula is C22H24ClN5OS. The number of piperidine rings is 1. The van der Waals surface area contributed by atoms with Crippen molar-refractivity contribution in [3.8, 4) is 11.4 Å². The molecule has 1 fully saturated rings. The number of benzene rings is 2. The fourth-order valence-electron chi connectivity index (χ4n) is 3.40. The third-order valence-corrected chi connectivity index (χ3v) is 6.30. The molecule has 1 aromatic heterocycles. The lowest BCUT2D eigenvalue weighted by molar-refractivity contribution is -0.115. The van der Waals surface area contributed by atoms with Crippen molar-refractivity contribution in [1.29, 1.82) is 0 Å². The van der Waals surface area contributed by atoms with Gasteiger partial charge >= 0.3 is 0 Å². The molecule has 1 unspecified atom stereocenters. The summed E-state index contributed by atoms with van der Waals surface area (Å²) in [7, 11) is 0. The van der Waals surface area contributed by atoms with Crippen LogP contribution < -0.4 is 10.2 Å². The Labute approximate surface area is 185 Å². The summed E-state index contributed by atoms with van der Waals surface area (Å²) < 4.78 is 0. The topological polar surface area (TPSA) is 73.9 Å². The third kappa shape index (κ3) is 5.15. The van der Waals surface area contributed by atoms with Crippen LogP contribution in [0.3, 0.4) is 0 Å². The number of rotatable bonds is 6. The minimum Gasteiger partial charge on any atom is -0.372 e. The number of aromatic nitrogens is 3. The van der Waals surface area contributed by atoms with E-state index < -0.39 is 0 Å². The zero-order chi connectivity index (χ0) is 20.9. The summed E-state index contributed by atoms with van der Waals surface area (Å²) >= 11 is 7.24. The van der Waals surface area contributed by atoms with E-state index in [2.05, 4.69) is 37.5 Å². The quantitative estimate of drug-likeness (QED) is 0.512. The molecule has 1 atom stereocenters.